The Balaban J connectivity index is 1.42. The van der Waals surface area contributed by atoms with E-state index < -0.39 is 0 Å². The van der Waals surface area contributed by atoms with Crippen LogP contribution in [0.25, 0.3) is 11.1 Å². The van der Waals surface area contributed by atoms with E-state index in [-0.39, 0.29) is 17.4 Å². The number of ether oxygens (including phenoxy) is 1. The second kappa shape index (κ2) is 7.10. The van der Waals surface area contributed by atoms with Crippen molar-refractivity contribution >= 4 is 5.91 Å². The standard InChI is InChI=1S/C22H26N2O2/c1-22(10-3-2-4-11-22)21(25)24-15-18-14-17-6-5-7-19(20(17)26-18)16-8-12-23-13-9-16/h5-9,12-13,18H,2-4,10-11,14-15H2,1H3,(H,24,25)/t18-/m1/s1. The Morgan fingerprint density at radius 2 is 1.96 bits per heavy atom. The Hall–Kier alpha value is -2.36. The lowest BCUT2D eigenvalue weighted by atomic mass is 9.75. The summed E-state index contributed by atoms with van der Waals surface area (Å²) >= 11 is 0. The predicted molar refractivity (Wildman–Crippen MR) is 102 cm³/mol. The SMILES string of the molecule is CC1(C(=O)NC[C@H]2Cc3cccc(-c4ccncc4)c3O2)CCCCC1. The monoisotopic (exact) mass is 350 g/mol. The average molecular weight is 350 g/mol. The lowest BCUT2D eigenvalue weighted by molar-refractivity contribution is -0.132. The number of benzene rings is 1. The molecule has 1 saturated carbocycles. The van der Waals surface area contributed by atoms with Crippen LogP contribution in [0.4, 0.5) is 0 Å². The number of hydrogen-bond acceptors (Lipinski definition) is 3. The van der Waals surface area contributed by atoms with Crippen LogP contribution in [0.1, 0.15) is 44.6 Å². The smallest absolute Gasteiger partial charge is 0.226 e. The van der Waals surface area contributed by atoms with Gasteiger partial charge in [0.15, 0.2) is 0 Å². The van der Waals surface area contributed by atoms with E-state index in [9.17, 15) is 4.79 Å². The lowest BCUT2D eigenvalue weighted by Crippen LogP contribution is -2.44. The van der Waals surface area contributed by atoms with Crippen molar-refractivity contribution in [3.63, 3.8) is 0 Å². The number of para-hydroxylation sites is 1. The fourth-order valence-electron chi connectivity index (χ4n) is 4.19. The van der Waals surface area contributed by atoms with E-state index in [1.54, 1.807) is 12.4 Å². The molecule has 0 unspecified atom stereocenters. The van der Waals surface area contributed by atoms with Crippen molar-refractivity contribution < 1.29 is 9.53 Å². The zero-order valence-electron chi connectivity index (χ0n) is 15.3. The Kier molecular flexibility index (Phi) is 4.66. The molecule has 2 aromatic rings. The third-order valence-corrected chi connectivity index (χ3v) is 5.82. The molecule has 2 heterocycles. The van der Waals surface area contributed by atoms with Crippen LogP contribution in [0.3, 0.4) is 0 Å². The van der Waals surface area contributed by atoms with Crippen LogP contribution in [-0.4, -0.2) is 23.5 Å². The molecule has 1 aromatic heterocycles. The third-order valence-electron chi connectivity index (χ3n) is 5.82. The number of fused-ring (bicyclic) bond motifs is 1. The number of rotatable bonds is 4. The third kappa shape index (κ3) is 3.33. The Bertz CT molecular complexity index is 782. The largest absolute Gasteiger partial charge is 0.487 e. The van der Waals surface area contributed by atoms with E-state index in [1.165, 1.54) is 12.0 Å². The lowest BCUT2D eigenvalue weighted by Gasteiger charge is -2.32. The minimum Gasteiger partial charge on any atom is -0.487 e. The van der Waals surface area contributed by atoms with Crippen molar-refractivity contribution in [3.05, 3.63) is 48.3 Å². The van der Waals surface area contributed by atoms with Gasteiger partial charge in [-0.05, 0) is 36.1 Å². The maximum Gasteiger partial charge on any atom is 0.226 e. The van der Waals surface area contributed by atoms with Gasteiger partial charge < -0.3 is 10.1 Å². The number of nitrogens with one attached hydrogen (secondary N) is 1. The van der Waals surface area contributed by atoms with Gasteiger partial charge in [-0.1, -0.05) is 44.4 Å². The van der Waals surface area contributed by atoms with Crippen LogP contribution < -0.4 is 10.1 Å². The van der Waals surface area contributed by atoms with Crippen molar-refractivity contribution in [1.82, 2.24) is 10.3 Å². The summed E-state index contributed by atoms with van der Waals surface area (Å²) in [4.78, 5) is 16.8. The topological polar surface area (TPSA) is 51.2 Å². The maximum absolute atomic E-state index is 12.7. The number of nitrogens with zero attached hydrogens (tertiary/aromatic N) is 1. The van der Waals surface area contributed by atoms with Gasteiger partial charge in [0.25, 0.3) is 0 Å². The molecule has 4 rings (SSSR count). The maximum atomic E-state index is 12.7. The number of aromatic nitrogens is 1. The summed E-state index contributed by atoms with van der Waals surface area (Å²) in [6.45, 7) is 2.67. The van der Waals surface area contributed by atoms with Gasteiger partial charge in [-0.2, -0.15) is 0 Å². The zero-order valence-corrected chi connectivity index (χ0v) is 15.3. The fraction of sp³-hybridized carbons (Fsp3) is 0.455. The Morgan fingerprint density at radius 1 is 1.19 bits per heavy atom. The Morgan fingerprint density at radius 3 is 2.73 bits per heavy atom. The highest BCUT2D eigenvalue weighted by Gasteiger charge is 2.35. The van der Waals surface area contributed by atoms with Crippen LogP contribution in [0, 0.1) is 5.41 Å². The molecule has 4 nitrogen and oxygen atoms in total. The van der Waals surface area contributed by atoms with Crippen molar-refractivity contribution in [2.45, 2.75) is 51.6 Å². The molecule has 1 aromatic carbocycles. The first-order valence-electron chi connectivity index (χ1n) is 9.63. The number of hydrogen-bond donors (Lipinski definition) is 1. The molecule has 2 aliphatic rings. The van der Waals surface area contributed by atoms with Gasteiger partial charge in [0.1, 0.15) is 11.9 Å². The molecule has 26 heavy (non-hydrogen) atoms. The highest BCUT2D eigenvalue weighted by molar-refractivity contribution is 5.82. The molecule has 1 aliphatic carbocycles. The van der Waals surface area contributed by atoms with Gasteiger partial charge in [-0.15, -0.1) is 0 Å². The van der Waals surface area contributed by atoms with Gasteiger partial charge in [0.05, 0.1) is 6.54 Å². The molecule has 136 valence electrons. The molecule has 0 radical (unpaired) electrons. The first-order valence-corrected chi connectivity index (χ1v) is 9.63. The fourth-order valence-corrected chi connectivity index (χ4v) is 4.19. The summed E-state index contributed by atoms with van der Waals surface area (Å²) < 4.78 is 6.23. The minimum atomic E-state index is -0.202. The average Bonchev–Trinajstić information content (AvgIpc) is 3.10. The molecule has 1 amide bonds. The van der Waals surface area contributed by atoms with Gasteiger partial charge in [0.2, 0.25) is 5.91 Å². The summed E-state index contributed by atoms with van der Waals surface area (Å²) in [7, 11) is 0. The molecular formula is C22H26N2O2. The molecule has 0 saturated heterocycles. The van der Waals surface area contributed by atoms with Crippen molar-refractivity contribution in [3.8, 4) is 16.9 Å². The number of carbonyl (C=O) groups excluding carboxylic acids is 1. The molecule has 0 bridgehead atoms. The van der Waals surface area contributed by atoms with E-state index in [1.807, 2.05) is 12.1 Å². The Labute approximate surface area is 155 Å². The molecule has 4 heteroatoms. The van der Waals surface area contributed by atoms with Crippen LogP contribution in [0.15, 0.2) is 42.7 Å². The summed E-state index contributed by atoms with van der Waals surface area (Å²) in [5, 5.41) is 3.15. The van der Waals surface area contributed by atoms with E-state index in [0.717, 1.165) is 49.0 Å². The van der Waals surface area contributed by atoms with Gasteiger partial charge >= 0.3 is 0 Å². The van der Waals surface area contributed by atoms with Gasteiger partial charge in [0, 0.05) is 29.8 Å². The summed E-state index contributed by atoms with van der Waals surface area (Å²) in [6, 6.07) is 10.3. The predicted octanol–water partition coefficient (Wildman–Crippen LogP) is 4.14. The first-order chi connectivity index (χ1) is 12.7. The van der Waals surface area contributed by atoms with Crippen LogP contribution in [-0.2, 0) is 11.2 Å². The zero-order chi connectivity index (χ0) is 18.0. The molecular weight excluding hydrogens is 324 g/mol. The first kappa shape index (κ1) is 17.1. The van der Waals surface area contributed by atoms with Gasteiger partial charge in [-0.3, -0.25) is 9.78 Å². The molecule has 1 fully saturated rings. The van der Waals surface area contributed by atoms with Gasteiger partial charge in [-0.25, -0.2) is 0 Å². The summed E-state index contributed by atoms with van der Waals surface area (Å²) in [5.74, 6) is 1.13. The molecule has 1 N–H and O–H groups in total. The number of amides is 1. The van der Waals surface area contributed by atoms with E-state index >= 15 is 0 Å². The van der Waals surface area contributed by atoms with Crippen molar-refractivity contribution in [1.29, 1.82) is 0 Å². The van der Waals surface area contributed by atoms with Crippen molar-refractivity contribution in [2.75, 3.05) is 6.54 Å². The second-order valence-electron chi connectivity index (χ2n) is 7.81. The molecule has 1 atom stereocenters. The summed E-state index contributed by atoms with van der Waals surface area (Å²) in [5.41, 5.74) is 3.21. The molecule has 0 spiro atoms. The number of pyridine rings is 1. The number of carbonyl (C=O) groups is 1. The minimum absolute atomic E-state index is 0.00382. The van der Waals surface area contributed by atoms with Crippen LogP contribution in [0.2, 0.25) is 0 Å². The van der Waals surface area contributed by atoms with E-state index in [2.05, 4.69) is 35.4 Å². The normalized spacial score (nSPS) is 20.9. The van der Waals surface area contributed by atoms with Crippen LogP contribution in [0.5, 0.6) is 5.75 Å². The summed E-state index contributed by atoms with van der Waals surface area (Å²) in [6.07, 6.45) is 10.00. The van der Waals surface area contributed by atoms with E-state index in [4.69, 9.17) is 4.74 Å². The van der Waals surface area contributed by atoms with E-state index in [0.29, 0.717) is 6.54 Å². The van der Waals surface area contributed by atoms with Crippen molar-refractivity contribution in [2.24, 2.45) is 5.41 Å². The second-order valence-corrected chi connectivity index (χ2v) is 7.81. The molecule has 1 aliphatic heterocycles. The quantitative estimate of drug-likeness (QED) is 0.902. The highest BCUT2D eigenvalue weighted by Crippen LogP contribution is 2.39. The van der Waals surface area contributed by atoms with Crippen LogP contribution >= 0.6 is 0 Å². The highest BCUT2D eigenvalue weighted by atomic mass is 16.5.